The first-order valence-corrected chi connectivity index (χ1v) is 10.0. The lowest BCUT2D eigenvalue weighted by atomic mass is 9.83. The molecule has 4 rings (SSSR count). The highest BCUT2D eigenvalue weighted by molar-refractivity contribution is 7.94. The Labute approximate surface area is 157 Å². The van der Waals surface area contributed by atoms with Crippen LogP contribution in [0.3, 0.4) is 0 Å². The van der Waals surface area contributed by atoms with Crippen molar-refractivity contribution in [3.05, 3.63) is 70.1 Å². The minimum atomic E-state index is -4.03. The summed E-state index contributed by atoms with van der Waals surface area (Å²) in [6.07, 6.45) is 0. The molecular formula is C18H11NO6S2. The summed E-state index contributed by atoms with van der Waals surface area (Å²) in [6, 6.07) is 10.1. The van der Waals surface area contributed by atoms with Crippen LogP contribution in [0.5, 0.6) is 11.5 Å². The fourth-order valence-electron chi connectivity index (χ4n) is 2.92. The van der Waals surface area contributed by atoms with Crippen LogP contribution in [0, 0.1) is 0 Å². The zero-order chi connectivity index (χ0) is 19.3. The minimum Gasteiger partial charge on any atom is -0.504 e. The number of phenolic OH excluding ortho intramolecular Hbond substituents is 2. The van der Waals surface area contributed by atoms with Crippen LogP contribution in [-0.4, -0.2) is 30.2 Å². The topological polar surface area (TPSA) is 121 Å². The quantitative estimate of drug-likeness (QED) is 0.454. The molecule has 0 unspecified atom stereocenters. The van der Waals surface area contributed by atoms with Gasteiger partial charge < -0.3 is 10.2 Å². The van der Waals surface area contributed by atoms with Crippen LogP contribution in [-0.2, 0) is 10.0 Å². The van der Waals surface area contributed by atoms with Crippen molar-refractivity contribution >= 4 is 38.6 Å². The molecule has 9 heteroatoms. The van der Waals surface area contributed by atoms with E-state index in [1.165, 1.54) is 18.2 Å². The van der Waals surface area contributed by atoms with Gasteiger partial charge in [0.25, 0.3) is 10.0 Å². The maximum Gasteiger partial charge on any atom is 0.271 e. The van der Waals surface area contributed by atoms with E-state index in [-0.39, 0.29) is 32.2 Å². The molecule has 0 spiro atoms. The normalized spacial score (nSPS) is 13.2. The maximum atomic E-state index is 12.7. The summed E-state index contributed by atoms with van der Waals surface area (Å²) in [4.78, 5) is 25.4. The summed E-state index contributed by atoms with van der Waals surface area (Å²) in [6.45, 7) is 0. The highest BCUT2D eigenvalue weighted by Gasteiger charge is 2.35. The Balaban J connectivity index is 1.88. The number of fused-ring (bicyclic) bond motifs is 2. The van der Waals surface area contributed by atoms with Crippen LogP contribution in [0.2, 0.25) is 0 Å². The Morgan fingerprint density at radius 3 is 2.15 bits per heavy atom. The van der Waals surface area contributed by atoms with Gasteiger partial charge in [-0.15, -0.1) is 11.3 Å². The Bertz CT molecular complexity index is 1210. The molecule has 0 atom stereocenters. The third-order valence-corrected chi connectivity index (χ3v) is 6.93. The van der Waals surface area contributed by atoms with Gasteiger partial charge in [0.1, 0.15) is 4.21 Å². The van der Waals surface area contributed by atoms with Crippen molar-refractivity contribution in [2.45, 2.75) is 4.21 Å². The molecule has 2 aromatic carbocycles. The van der Waals surface area contributed by atoms with Gasteiger partial charge in [-0.05, 0) is 17.5 Å². The predicted molar refractivity (Wildman–Crippen MR) is 98.2 cm³/mol. The summed E-state index contributed by atoms with van der Waals surface area (Å²) >= 11 is 0.964. The van der Waals surface area contributed by atoms with Crippen molar-refractivity contribution < 1.29 is 28.2 Å². The fourth-order valence-corrected chi connectivity index (χ4v) is 4.97. The van der Waals surface area contributed by atoms with E-state index in [0.717, 1.165) is 17.4 Å². The number of benzene rings is 2. The second-order valence-corrected chi connectivity index (χ2v) is 8.64. The number of carbonyl (C=O) groups is 2. The summed E-state index contributed by atoms with van der Waals surface area (Å²) in [7, 11) is -4.03. The first-order valence-electron chi connectivity index (χ1n) is 7.65. The number of phenols is 2. The molecule has 3 aromatic rings. The lowest BCUT2D eigenvalue weighted by molar-refractivity contribution is 0.0976. The van der Waals surface area contributed by atoms with Crippen LogP contribution in [0.4, 0.5) is 5.69 Å². The van der Waals surface area contributed by atoms with E-state index in [0.29, 0.717) is 0 Å². The van der Waals surface area contributed by atoms with Crippen molar-refractivity contribution in [3.63, 3.8) is 0 Å². The molecule has 1 aromatic heterocycles. The Hall–Kier alpha value is -3.17. The molecule has 7 nitrogen and oxygen atoms in total. The van der Waals surface area contributed by atoms with Gasteiger partial charge in [0, 0.05) is 16.7 Å². The predicted octanol–water partition coefficient (Wildman–Crippen LogP) is 2.74. The van der Waals surface area contributed by atoms with Crippen molar-refractivity contribution in [1.29, 1.82) is 0 Å². The smallest absolute Gasteiger partial charge is 0.271 e. The molecule has 136 valence electrons. The monoisotopic (exact) mass is 401 g/mol. The fraction of sp³-hybridized carbons (Fsp3) is 0. The standard InChI is InChI=1S/C18H11NO6S2/c20-15-9-4-1-2-5-10(9)16(21)14-11(15)8-12(17(22)18(14)23)19-27(24,25)13-6-3-7-26-13/h1-8,19,22-23H. The lowest BCUT2D eigenvalue weighted by Crippen LogP contribution is -2.22. The van der Waals surface area contributed by atoms with Gasteiger partial charge in [0.15, 0.2) is 23.1 Å². The lowest BCUT2D eigenvalue weighted by Gasteiger charge is -2.20. The average Bonchev–Trinajstić information content (AvgIpc) is 3.19. The average molecular weight is 401 g/mol. The number of rotatable bonds is 3. The third-order valence-electron chi connectivity index (χ3n) is 4.17. The van der Waals surface area contributed by atoms with E-state index in [9.17, 15) is 28.2 Å². The van der Waals surface area contributed by atoms with Crippen LogP contribution in [0.15, 0.2) is 52.1 Å². The van der Waals surface area contributed by atoms with Gasteiger partial charge in [-0.1, -0.05) is 30.3 Å². The van der Waals surface area contributed by atoms with Gasteiger partial charge in [-0.25, -0.2) is 8.42 Å². The largest absolute Gasteiger partial charge is 0.504 e. The van der Waals surface area contributed by atoms with E-state index in [1.54, 1.807) is 23.6 Å². The Morgan fingerprint density at radius 1 is 0.852 bits per heavy atom. The number of thiophene rings is 1. The molecular weight excluding hydrogens is 390 g/mol. The number of ketones is 2. The zero-order valence-corrected chi connectivity index (χ0v) is 15.1. The van der Waals surface area contributed by atoms with Gasteiger partial charge in [-0.3, -0.25) is 14.3 Å². The molecule has 3 N–H and O–H groups in total. The second kappa shape index (κ2) is 5.93. The van der Waals surface area contributed by atoms with Gasteiger partial charge in [0.2, 0.25) is 0 Å². The molecule has 1 heterocycles. The molecule has 0 fully saturated rings. The highest BCUT2D eigenvalue weighted by Crippen LogP contribution is 2.43. The Kier molecular flexibility index (Phi) is 3.79. The number of carbonyl (C=O) groups excluding carboxylic acids is 2. The van der Waals surface area contributed by atoms with Gasteiger partial charge in [0.05, 0.1) is 11.3 Å². The molecule has 0 radical (unpaired) electrons. The van der Waals surface area contributed by atoms with E-state index < -0.39 is 33.1 Å². The molecule has 0 saturated carbocycles. The number of nitrogens with one attached hydrogen (secondary N) is 1. The van der Waals surface area contributed by atoms with Crippen molar-refractivity contribution in [2.24, 2.45) is 0 Å². The molecule has 0 saturated heterocycles. The summed E-state index contributed by atoms with van der Waals surface area (Å²) < 4.78 is 26.9. The zero-order valence-electron chi connectivity index (χ0n) is 13.5. The Morgan fingerprint density at radius 2 is 1.52 bits per heavy atom. The highest BCUT2D eigenvalue weighted by atomic mass is 32.2. The third kappa shape index (κ3) is 2.59. The molecule has 27 heavy (non-hydrogen) atoms. The van der Waals surface area contributed by atoms with Crippen molar-refractivity contribution in [3.8, 4) is 11.5 Å². The van der Waals surface area contributed by atoms with E-state index in [1.807, 2.05) is 0 Å². The van der Waals surface area contributed by atoms with Crippen LogP contribution in [0.25, 0.3) is 0 Å². The van der Waals surface area contributed by atoms with Crippen LogP contribution >= 0.6 is 11.3 Å². The molecule has 0 bridgehead atoms. The van der Waals surface area contributed by atoms with E-state index >= 15 is 0 Å². The van der Waals surface area contributed by atoms with Crippen LogP contribution < -0.4 is 4.72 Å². The summed E-state index contributed by atoms with van der Waals surface area (Å²) in [5, 5.41) is 22.1. The number of sulfonamides is 1. The first-order chi connectivity index (χ1) is 12.8. The maximum absolute atomic E-state index is 12.7. The minimum absolute atomic E-state index is 0.00754. The summed E-state index contributed by atoms with van der Waals surface area (Å²) in [5.41, 5.74) is -0.669. The number of aromatic hydroxyl groups is 2. The molecule has 0 amide bonds. The molecule has 1 aliphatic carbocycles. The molecule has 0 aliphatic heterocycles. The first kappa shape index (κ1) is 17.3. The van der Waals surface area contributed by atoms with E-state index in [4.69, 9.17) is 0 Å². The van der Waals surface area contributed by atoms with E-state index in [2.05, 4.69) is 4.72 Å². The van der Waals surface area contributed by atoms with Crippen molar-refractivity contribution in [2.75, 3.05) is 4.72 Å². The SMILES string of the molecule is O=C1c2ccccc2C(=O)c2c1cc(NS(=O)(=O)c1cccs1)c(O)c2O. The number of hydrogen-bond donors (Lipinski definition) is 3. The second-order valence-electron chi connectivity index (χ2n) is 5.79. The van der Waals surface area contributed by atoms with Gasteiger partial charge >= 0.3 is 0 Å². The van der Waals surface area contributed by atoms with Crippen LogP contribution in [0.1, 0.15) is 31.8 Å². The van der Waals surface area contributed by atoms with Crippen molar-refractivity contribution in [1.82, 2.24) is 0 Å². The van der Waals surface area contributed by atoms with Gasteiger partial charge in [-0.2, -0.15) is 0 Å². The summed E-state index contributed by atoms with van der Waals surface area (Å²) in [5.74, 6) is -2.84. The molecule has 1 aliphatic rings. The number of hydrogen-bond acceptors (Lipinski definition) is 7. The number of anilines is 1.